The predicted octanol–water partition coefficient (Wildman–Crippen LogP) is 3.63. The highest BCUT2D eigenvalue weighted by Gasteiger charge is 2.23. The fourth-order valence-corrected chi connectivity index (χ4v) is 2.34. The Kier molecular flexibility index (Phi) is 4.64. The van der Waals surface area contributed by atoms with E-state index in [2.05, 4.69) is 18.9 Å². The van der Waals surface area contributed by atoms with Crippen molar-refractivity contribution < 1.29 is 4.42 Å². The molecule has 0 radical (unpaired) electrons. The van der Waals surface area contributed by atoms with Gasteiger partial charge in [-0.05, 0) is 43.8 Å². The largest absolute Gasteiger partial charge is 0.468 e. The number of rotatable bonds is 5. The lowest BCUT2D eigenvalue weighted by molar-refractivity contribution is 0.169. The van der Waals surface area contributed by atoms with Gasteiger partial charge >= 0.3 is 0 Å². The summed E-state index contributed by atoms with van der Waals surface area (Å²) in [6.07, 6.45) is 1.68. The van der Waals surface area contributed by atoms with Crippen molar-refractivity contribution in [3.63, 3.8) is 0 Å². The second-order valence-electron chi connectivity index (χ2n) is 4.66. The van der Waals surface area contributed by atoms with Crippen LogP contribution in [0.4, 0.5) is 0 Å². The van der Waals surface area contributed by atoms with E-state index in [0.29, 0.717) is 6.54 Å². The lowest BCUT2D eigenvalue weighted by Gasteiger charge is -2.31. The molecule has 0 aliphatic carbocycles. The van der Waals surface area contributed by atoms with E-state index in [1.165, 1.54) is 5.56 Å². The molecule has 2 atom stereocenters. The highest BCUT2D eigenvalue weighted by Crippen LogP contribution is 2.29. The zero-order valence-corrected chi connectivity index (χ0v) is 12.0. The number of hydrogen-bond donors (Lipinski definition) is 1. The quantitative estimate of drug-likeness (QED) is 0.908. The molecule has 19 heavy (non-hydrogen) atoms. The van der Waals surface area contributed by atoms with E-state index in [9.17, 15) is 0 Å². The maximum absolute atomic E-state index is 5.92. The van der Waals surface area contributed by atoms with Crippen LogP contribution in [0.15, 0.2) is 47.1 Å². The van der Waals surface area contributed by atoms with E-state index in [0.717, 1.165) is 10.8 Å². The van der Waals surface area contributed by atoms with Gasteiger partial charge in [-0.15, -0.1) is 0 Å². The van der Waals surface area contributed by atoms with Crippen molar-refractivity contribution in [2.24, 2.45) is 5.73 Å². The van der Waals surface area contributed by atoms with Gasteiger partial charge in [0, 0.05) is 17.6 Å². The summed E-state index contributed by atoms with van der Waals surface area (Å²) in [5.41, 5.74) is 7.09. The van der Waals surface area contributed by atoms with Gasteiger partial charge in [0.25, 0.3) is 0 Å². The number of halogens is 1. The van der Waals surface area contributed by atoms with Gasteiger partial charge in [-0.25, -0.2) is 0 Å². The SMILES string of the molecule is CC(c1ccc(Cl)cc1)N(C)C(CN)c1ccco1. The molecule has 2 rings (SSSR count). The fraction of sp³-hybridized carbons (Fsp3) is 0.333. The molecule has 0 aliphatic rings. The summed E-state index contributed by atoms with van der Waals surface area (Å²) in [5.74, 6) is 0.894. The van der Waals surface area contributed by atoms with Crippen LogP contribution in [0.25, 0.3) is 0 Å². The van der Waals surface area contributed by atoms with Crippen molar-refractivity contribution in [3.8, 4) is 0 Å². The monoisotopic (exact) mass is 278 g/mol. The van der Waals surface area contributed by atoms with Crippen molar-refractivity contribution in [2.45, 2.75) is 19.0 Å². The Morgan fingerprint density at radius 1 is 1.26 bits per heavy atom. The normalized spacial score (nSPS) is 14.6. The smallest absolute Gasteiger partial charge is 0.122 e. The molecule has 2 aromatic rings. The van der Waals surface area contributed by atoms with E-state index in [4.69, 9.17) is 21.8 Å². The highest BCUT2D eigenvalue weighted by atomic mass is 35.5. The van der Waals surface area contributed by atoms with Crippen molar-refractivity contribution in [1.82, 2.24) is 4.90 Å². The summed E-state index contributed by atoms with van der Waals surface area (Å²) in [6, 6.07) is 12.0. The zero-order chi connectivity index (χ0) is 13.8. The predicted molar refractivity (Wildman–Crippen MR) is 78.1 cm³/mol. The second-order valence-corrected chi connectivity index (χ2v) is 5.10. The molecule has 1 aromatic heterocycles. The summed E-state index contributed by atoms with van der Waals surface area (Å²) in [7, 11) is 2.05. The molecule has 0 fully saturated rings. The van der Waals surface area contributed by atoms with Gasteiger partial charge < -0.3 is 10.2 Å². The van der Waals surface area contributed by atoms with E-state index in [1.54, 1.807) is 6.26 Å². The molecule has 0 amide bonds. The fourth-order valence-electron chi connectivity index (χ4n) is 2.21. The van der Waals surface area contributed by atoms with Gasteiger partial charge in [0.05, 0.1) is 12.3 Å². The minimum Gasteiger partial charge on any atom is -0.468 e. The molecular weight excluding hydrogens is 260 g/mol. The Morgan fingerprint density at radius 3 is 2.47 bits per heavy atom. The van der Waals surface area contributed by atoms with Gasteiger partial charge in [-0.3, -0.25) is 4.90 Å². The van der Waals surface area contributed by atoms with Crippen LogP contribution in [0.3, 0.4) is 0 Å². The molecule has 0 saturated carbocycles. The molecule has 1 heterocycles. The summed E-state index contributed by atoms with van der Waals surface area (Å²) in [4.78, 5) is 2.21. The first-order valence-electron chi connectivity index (χ1n) is 6.34. The molecule has 0 spiro atoms. The van der Waals surface area contributed by atoms with Crippen LogP contribution < -0.4 is 5.73 Å². The maximum Gasteiger partial charge on any atom is 0.122 e. The third-order valence-electron chi connectivity index (χ3n) is 3.55. The van der Waals surface area contributed by atoms with Crippen molar-refractivity contribution in [2.75, 3.05) is 13.6 Å². The summed E-state index contributed by atoms with van der Waals surface area (Å²) in [5, 5.41) is 0.750. The first-order chi connectivity index (χ1) is 9.13. The maximum atomic E-state index is 5.92. The summed E-state index contributed by atoms with van der Waals surface area (Å²) in [6.45, 7) is 2.66. The molecule has 1 aromatic carbocycles. The van der Waals surface area contributed by atoms with E-state index in [-0.39, 0.29) is 12.1 Å². The van der Waals surface area contributed by atoms with Crippen LogP contribution in [0.2, 0.25) is 5.02 Å². The molecule has 0 saturated heterocycles. The molecule has 102 valence electrons. The van der Waals surface area contributed by atoms with Crippen LogP contribution in [0.1, 0.15) is 30.3 Å². The Bertz CT molecular complexity index is 495. The Balaban J connectivity index is 2.17. The van der Waals surface area contributed by atoms with Crippen LogP contribution in [0, 0.1) is 0 Å². The molecule has 0 aliphatic heterocycles. The number of furan rings is 1. The second kappa shape index (κ2) is 6.24. The van der Waals surface area contributed by atoms with E-state index in [1.807, 2.05) is 36.4 Å². The molecule has 2 N–H and O–H groups in total. The third-order valence-corrected chi connectivity index (χ3v) is 3.80. The topological polar surface area (TPSA) is 42.4 Å². The van der Waals surface area contributed by atoms with Crippen LogP contribution in [-0.4, -0.2) is 18.5 Å². The van der Waals surface area contributed by atoms with E-state index < -0.39 is 0 Å². The standard InChI is InChI=1S/C15H19ClN2O/c1-11(12-5-7-13(16)8-6-12)18(2)14(10-17)15-4-3-9-19-15/h3-9,11,14H,10,17H2,1-2H3. The molecule has 2 unspecified atom stereocenters. The third kappa shape index (κ3) is 3.18. The average Bonchev–Trinajstić information content (AvgIpc) is 2.93. The highest BCUT2D eigenvalue weighted by molar-refractivity contribution is 6.30. The first kappa shape index (κ1) is 14.1. The number of benzene rings is 1. The van der Waals surface area contributed by atoms with Crippen molar-refractivity contribution >= 4 is 11.6 Å². The lowest BCUT2D eigenvalue weighted by Crippen LogP contribution is -2.32. The Morgan fingerprint density at radius 2 is 1.95 bits per heavy atom. The van der Waals surface area contributed by atoms with Crippen LogP contribution in [0.5, 0.6) is 0 Å². The van der Waals surface area contributed by atoms with Crippen LogP contribution >= 0.6 is 11.6 Å². The van der Waals surface area contributed by atoms with Gasteiger partial charge in [-0.2, -0.15) is 0 Å². The average molecular weight is 279 g/mol. The lowest BCUT2D eigenvalue weighted by atomic mass is 10.0. The molecular formula is C15H19ClN2O. The minimum absolute atomic E-state index is 0.0701. The number of nitrogens with zero attached hydrogens (tertiary/aromatic N) is 1. The molecule has 0 bridgehead atoms. The van der Waals surface area contributed by atoms with Crippen molar-refractivity contribution in [1.29, 1.82) is 0 Å². The number of nitrogens with two attached hydrogens (primary N) is 1. The number of hydrogen-bond acceptors (Lipinski definition) is 3. The minimum atomic E-state index is 0.0701. The van der Waals surface area contributed by atoms with E-state index >= 15 is 0 Å². The first-order valence-corrected chi connectivity index (χ1v) is 6.72. The van der Waals surface area contributed by atoms with Gasteiger partial charge in [0.15, 0.2) is 0 Å². The Labute approximate surface area is 119 Å². The van der Waals surface area contributed by atoms with Crippen molar-refractivity contribution in [3.05, 3.63) is 59.0 Å². The van der Waals surface area contributed by atoms with Gasteiger partial charge in [0.1, 0.15) is 5.76 Å². The van der Waals surface area contributed by atoms with Crippen LogP contribution in [-0.2, 0) is 0 Å². The molecule has 3 nitrogen and oxygen atoms in total. The number of likely N-dealkylation sites (N-methyl/N-ethyl adjacent to an activating group) is 1. The summed E-state index contributed by atoms with van der Waals surface area (Å²) >= 11 is 5.92. The summed E-state index contributed by atoms with van der Waals surface area (Å²) < 4.78 is 5.47. The van der Waals surface area contributed by atoms with Gasteiger partial charge in [0.2, 0.25) is 0 Å². The zero-order valence-electron chi connectivity index (χ0n) is 11.2. The molecule has 4 heteroatoms. The Hall–Kier alpha value is -1.29. The van der Waals surface area contributed by atoms with Gasteiger partial charge in [-0.1, -0.05) is 23.7 Å².